The molecule has 4 nitrogen and oxygen atoms in total. The van der Waals surface area contributed by atoms with Gasteiger partial charge in [0, 0.05) is 0 Å². The first-order valence-electron chi connectivity index (χ1n) is 5.82. The van der Waals surface area contributed by atoms with Gasteiger partial charge >= 0.3 is 0 Å². The maximum Gasteiger partial charge on any atom is 0.242 e. The van der Waals surface area contributed by atoms with Crippen molar-refractivity contribution in [2.45, 2.75) is 19.4 Å². The SMILES string of the molecule is Cc1ccc(Br)nc1NC(=O)[C@H]1NC[C@@H]2C[C@@H]21. The molecule has 90 valence electrons. The second kappa shape index (κ2) is 4.07. The van der Waals surface area contributed by atoms with Crippen LogP contribution in [0.25, 0.3) is 0 Å². The van der Waals surface area contributed by atoms with Crippen molar-refractivity contribution in [3.8, 4) is 0 Å². The number of anilines is 1. The summed E-state index contributed by atoms with van der Waals surface area (Å²) < 4.78 is 0.738. The lowest BCUT2D eigenvalue weighted by Crippen LogP contribution is -2.39. The lowest BCUT2D eigenvalue weighted by atomic mass is 10.2. The van der Waals surface area contributed by atoms with Crippen molar-refractivity contribution in [1.82, 2.24) is 10.3 Å². The number of rotatable bonds is 2. The molecule has 1 amide bonds. The number of halogens is 1. The Bertz CT molecular complexity index is 477. The van der Waals surface area contributed by atoms with E-state index >= 15 is 0 Å². The highest BCUT2D eigenvalue weighted by molar-refractivity contribution is 9.10. The standard InChI is InChI=1S/C12H14BrN3O/c1-6-2-3-9(13)15-11(6)16-12(17)10-8-4-7(8)5-14-10/h2-3,7-8,10,14H,4-5H2,1H3,(H,15,16,17)/t7-,8-,10-/m0/s1. The highest BCUT2D eigenvalue weighted by Gasteiger charge is 2.50. The van der Waals surface area contributed by atoms with Crippen molar-refractivity contribution >= 4 is 27.7 Å². The fraction of sp³-hybridized carbons (Fsp3) is 0.500. The van der Waals surface area contributed by atoms with E-state index in [1.54, 1.807) is 0 Å². The number of hydrogen-bond acceptors (Lipinski definition) is 3. The Morgan fingerprint density at radius 2 is 2.41 bits per heavy atom. The third kappa shape index (κ3) is 2.09. The van der Waals surface area contributed by atoms with Crippen LogP contribution in [0.4, 0.5) is 5.82 Å². The molecule has 1 aromatic heterocycles. The molecule has 3 atom stereocenters. The highest BCUT2D eigenvalue weighted by Crippen LogP contribution is 2.45. The first-order valence-corrected chi connectivity index (χ1v) is 6.62. The van der Waals surface area contributed by atoms with Crippen molar-refractivity contribution in [2.75, 3.05) is 11.9 Å². The lowest BCUT2D eigenvalue weighted by molar-refractivity contribution is -0.118. The summed E-state index contributed by atoms with van der Waals surface area (Å²) in [5.74, 6) is 1.96. The fourth-order valence-corrected chi connectivity index (χ4v) is 2.77. The van der Waals surface area contributed by atoms with Crippen LogP contribution < -0.4 is 10.6 Å². The molecule has 2 fully saturated rings. The summed E-state index contributed by atoms with van der Waals surface area (Å²) in [5, 5.41) is 6.17. The van der Waals surface area contributed by atoms with E-state index in [0.29, 0.717) is 11.7 Å². The number of fused-ring (bicyclic) bond motifs is 1. The second-order valence-electron chi connectivity index (χ2n) is 4.83. The van der Waals surface area contributed by atoms with Crippen LogP contribution in [-0.2, 0) is 4.79 Å². The summed E-state index contributed by atoms with van der Waals surface area (Å²) in [6.45, 7) is 2.92. The molecule has 3 rings (SSSR count). The minimum atomic E-state index is -0.0276. The number of hydrogen-bond donors (Lipinski definition) is 2. The Hall–Kier alpha value is -0.940. The monoisotopic (exact) mass is 295 g/mol. The van der Waals surface area contributed by atoms with Crippen LogP contribution in [-0.4, -0.2) is 23.5 Å². The first-order chi connectivity index (χ1) is 8.15. The topological polar surface area (TPSA) is 54.0 Å². The molecule has 0 bridgehead atoms. The van der Waals surface area contributed by atoms with Crippen molar-refractivity contribution in [2.24, 2.45) is 11.8 Å². The van der Waals surface area contributed by atoms with E-state index in [1.807, 2.05) is 19.1 Å². The number of amides is 1. The number of nitrogens with one attached hydrogen (secondary N) is 2. The Morgan fingerprint density at radius 1 is 1.59 bits per heavy atom. The molecule has 1 aliphatic carbocycles. The van der Waals surface area contributed by atoms with Gasteiger partial charge in [-0.2, -0.15) is 0 Å². The van der Waals surface area contributed by atoms with Crippen molar-refractivity contribution < 1.29 is 4.79 Å². The van der Waals surface area contributed by atoms with E-state index in [1.165, 1.54) is 6.42 Å². The van der Waals surface area contributed by atoms with Crippen molar-refractivity contribution in [3.63, 3.8) is 0 Å². The lowest BCUT2D eigenvalue weighted by Gasteiger charge is -2.14. The first kappa shape index (κ1) is 11.2. The van der Waals surface area contributed by atoms with Crippen LogP contribution in [0.1, 0.15) is 12.0 Å². The molecule has 2 heterocycles. The zero-order valence-electron chi connectivity index (χ0n) is 9.53. The van der Waals surface area contributed by atoms with Gasteiger partial charge in [0.05, 0.1) is 6.04 Å². The molecule has 0 radical (unpaired) electrons. The largest absolute Gasteiger partial charge is 0.309 e. The van der Waals surface area contributed by atoms with Crippen LogP contribution >= 0.6 is 15.9 Å². The highest BCUT2D eigenvalue weighted by atomic mass is 79.9. The Morgan fingerprint density at radius 3 is 3.06 bits per heavy atom. The number of pyridine rings is 1. The van der Waals surface area contributed by atoms with E-state index in [0.717, 1.165) is 22.6 Å². The minimum absolute atomic E-state index is 0.0276. The van der Waals surface area contributed by atoms with Gasteiger partial charge < -0.3 is 10.6 Å². The predicted molar refractivity (Wildman–Crippen MR) is 68.7 cm³/mol. The van der Waals surface area contributed by atoms with Crippen LogP contribution in [0.5, 0.6) is 0 Å². The number of aromatic nitrogens is 1. The van der Waals surface area contributed by atoms with E-state index < -0.39 is 0 Å². The van der Waals surface area contributed by atoms with Gasteiger partial charge in [0.25, 0.3) is 0 Å². The van der Waals surface area contributed by atoms with E-state index in [-0.39, 0.29) is 11.9 Å². The van der Waals surface area contributed by atoms with Gasteiger partial charge in [-0.25, -0.2) is 4.98 Å². The Balaban J connectivity index is 1.73. The van der Waals surface area contributed by atoms with Gasteiger partial charge in [0.2, 0.25) is 5.91 Å². The average Bonchev–Trinajstić information content (AvgIpc) is 2.95. The predicted octanol–water partition coefficient (Wildman–Crippen LogP) is 1.70. The van der Waals surface area contributed by atoms with E-state index in [9.17, 15) is 4.79 Å². The normalized spacial score (nSPS) is 29.9. The number of nitrogens with zero attached hydrogens (tertiary/aromatic N) is 1. The van der Waals surface area contributed by atoms with Crippen molar-refractivity contribution in [1.29, 1.82) is 0 Å². The van der Waals surface area contributed by atoms with E-state index in [2.05, 4.69) is 31.5 Å². The molecule has 5 heteroatoms. The maximum atomic E-state index is 12.1. The van der Waals surface area contributed by atoms with Crippen molar-refractivity contribution in [3.05, 3.63) is 22.3 Å². The van der Waals surface area contributed by atoms with E-state index in [4.69, 9.17) is 0 Å². The molecule has 1 aliphatic heterocycles. The Labute approximate surface area is 108 Å². The molecule has 0 spiro atoms. The third-order valence-electron chi connectivity index (χ3n) is 3.59. The maximum absolute atomic E-state index is 12.1. The minimum Gasteiger partial charge on any atom is -0.309 e. The number of piperidine rings is 1. The third-order valence-corrected chi connectivity index (χ3v) is 4.03. The quantitative estimate of drug-likeness (QED) is 0.817. The molecule has 1 saturated heterocycles. The second-order valence-corrected chi connectivity index (χ2v) is 5.65. The fourth-order valence-electron chi connectivity index (χ4n) is 2.46. The molecular formula is C12H14BrN3O. The number of aryl methyl sites for hydroxylation is 1. The molecule has 1 aromatic rings. The molecular weight excluding hydrogens is 282 g/mol. The van der Waals surface area contributed by atoms with Crippen LogP contribution in [0.2, 0.25) is 0 Å². The van der Waals surface area contributed by atoms with Crippen LogP contribution in [0.3, 0.4) is 0 Å². The van der Waals surface area contributed by atoms with Gasteiger partial charge in [0.1, 0.15) is 10.4 Å². The summed E-state index contributed by atoms with van der Waals surface area (Å²) in [7, 11) is 0. The summed E-state index contributed by atoms with van der Waals surface area (Å²) in [6.07, 6.45) is 1.19. The molecule has 0 unspecified atom stereocenters. The molecule has 0 aromatic carbocycles. The zero-order valence-corrected chi connectivity index (χ0v) is 11.1. The van der Waals surface area contributed by atoms with Crippen LogP contribution in [0, 0.1) is 18.8 Å². The molecule has 17 heavy (non-hydrogen) atoms. The van der Waals surface area contributed by atoms with Gasteiger partial charge in [0.15, 0.2) is 0 Å². The number of carbonyl (C=O) groups excluding carboxylic acids is 1. The summed E-state index contributed by atoms with van der Waals surface area (Å²) in [5.41, 5.74) is 0.979. The van der Waals surface area contributed by atoms with Gasteiger partial charge in [-0.3, -0.25) is 4.79 Å². The molecule has 2 aliphatic rings. The smallest absolute Gasteiger partial charge is 0.242 e. The van der Waals surface area contributed by atoms with Crippen LogP contribution in [0.15, 0.2) is 16.7 Å². The van der Waals surface area contributed by atoms with Gasteiger partial charge in [-0.05, 0) is 59.3 Å². The average molecular weight is 296 g/mol. The summed E-state index contributed by atoms with van der Waals surface area (Å²) >= 11 is 3.31. The molecule has 1 saturated carbocycles. The van der Waals surface area contributed by atoms with Gasteiger partial charge in [-0.15, -0.1) is 0 Å². The summed E-state index contributed by atoms with van der Waals surface area (Å²) in [4.78, 5) is 16.4. The summed E-state index contributed by atoms with van der Waals surface area (Å²) in [6, 6.07) is 3.78. The molecule has 2 N–H and O–H groups in total. The number of carbonyl (C=O) groups is 1. The zero-order chi connectivity index (χ0) is 12.0. The Kier molecular flexibility index (Phi) is 2.67. The van der Waals surface area contributed by atoms with Gasteiger partial charge in [-0.1, -0.05) is 6.07 Å².